The standard InChI is InChI=1S/C17H15N3O3/c1-2-23-15-6-4-3-5-14(15)20-17(22)16(21)19-13-9-7-12(11-18)8-10-13/h3-10H,2H2,1H3,(H,19,21)(H,20,22). The molecule has 0 saturated carbocycles. The summed E-state index contributed by atoms with van der Waals surface area (Å²) in [7, 11) is 0. The first-order valence-electron chi connectivity index (χ1n) is 6.98. The Hall–Kier alpha value is -3.33. The van der Waals surface area contributed by atoms with Gasteiger partial charge in [-0.1, -0.05) is 12.1 Å². The van der Waals surface area contributed by atoms with Crippen molar-refractivity contribution in [1.82, 2.24) is 0 Å². The van der Waals surface area contributed by atoms with Crippen molar-refractivity contribution in [2.75, 3.05) is 17.2 Å². The Balaban J connectivity index is 2.02. The van der Waals surface area contributed by atoms with Gasteiger partial charge in [-0.3, -0.25) is 9.59 Å². The molecule has 0 fully saturated rings. The third kappa shape index (κ3) is 4.32. The van der Waals surface area contributed by atoms with Gasteiger partial charge in [-0.15, -0.1) is 0 Å². The number of carbonyl (C=O) groups excluding carboxylic acids is 2. The fourth-order valence-corrected chi connectivity index (χ4v) is 1.85. The highest BCUT2D eigenvalue weighted by Crippen LogP contribution is 2.23. The number of ether oxygens (including phenoxy) is 1. The van der Waals surface area contributed by atoms with Gasteiger partial charge in [0.05, 0.1) is 23.9 Å². The fourth-order valence-electron chi connectivity index (χ4n) is 1.85. The molecule has 0 aliphatic rings. The Labute approximate surface area is 133 Å². The summed E-state index contributed by atoms with van der Waals surface area (Å²) in [6, 6.07) is 15.1. The number of rotatable bonds is 4. The predicted octanol–water partition coefficient (Wildman–Crippen LogP) is 2.53. The summed E-state index contributed by atoms with van der Waals surface area (Å²) in [5.74, 6) is -1.11. The van der Waals surface area contributed by atoms with Crippen molar-refractivity contribution in [2.24, 2.45) is 0 Å². The molecule has 2 aromatic carbocycles. The monoisotopic (exact) mass is 309 g/mol. The molecule has 0 radical (unpaired) electrons. The molecular formula is C17H15N3O3. The Morgan fingerprint density at radius 3 is 2.35 bits per heavy atom. The zero-order valence-electron chi connectivity index (χ0n) is 12.5. The Kier molecular flexibility index (Phi) is 5.31. The highest BCUT2D eigenvalue weighted by molar-refractivity contribution is 6.43. The molecule has 116 valence electrons. The maximum atomic E-state index is 12.0. The largest absolute Gasteiger partial charge is 0.492 e. The second kappa shape index (κ2) is 7.61. The van der Waals surface area contributed by atoms with Crippen molar-refractivity contribution in [3.63, 3.8) is 0 Å². The average molecular weight is 309 g/mol. The van der Waals surface area contributed by atoms with E-state index in [-0.39, 0.29) is 0 Å². The molecule has 2 rings (SSSR count). The van der Waals surface area contributed by atoms with Gasteiger partial charge in [0.1, 0.15) is 5.75 Å². The minimum Gasteiger partial charge on any atom is -0.492 e. The van der Waals surface area contributed by atoms with Crippen LogP contribution in [0.4, 0.5) is 11.4 Å². The number of nitrogens with zero attached hydrogens (tertiary/aromatic N) is 1. The van der Waals surface area contributed by atoms with Crippen LogP contribution in [0.15, 0.2) is 48.5 Å². The van der Waals surface area contributed by atoms with Crippen LogP contribution in [-0.2, 0) is 9.59 Å². The second-order valence-corrected chi connectivity index (χ2v) is 4.53. The van der Waals surface area contributed by atoms with Crippen LogP contribution in [0, 0.1) is 11.3 Å². The van der Waals surface area contributed by atoms with Crippen molar-refractivity contribution in [3.05, 3.63) is 54.1 Å². The van der Waals surface area contributed by atoms with E-state index in [0.29, 0.717) is 29.3 Å². The predicted molar refractivity (Wildman–Crippen MR) is 86.0 cm³/mol. The lowest BCUT2D eigenvalue weighted by molar-refractivity contribution is -0.133. The highest BCUT2D eigenvalue weighted by Gasteiger charge is 2.16. The van der Waals surface area contributed by atoms with Crippen molar-refractivity contribution < 1.29 is 14.3 Å². The quantitative estimate of drug-likeness (QED) is 0.849. The van der Waals surface area contributed by atoms with Crippen LogP contribution in [0.5, 0.6) is 5.75 Å². The topological polar surface area (TPSA) is 91.2 Å². The number of anilines is 2. The van der Waals surface area contributed by atoms with Gasteiger partial charge in [0, 0.05) is 5.69 Å². The lowest BCUT2D eigenvalue weighted by Crippen LogP contribution is -2.29. The smallest absolute Gasteiger partial charge is 0.314 e. The first-order valence-corrected chi connectivity index (χ1v) is 6.98. The SMILES string of the molecule is CCOc1ccccc1NC(=O)C(=O)Nc1ccc(C#N)cc1. The molecule has 6 nitrogen and oxygen atoms in total. The molecule has 2 amide bonds. The van der Waals surface area contributed by atoms with Gasteiger partial charge in [-0.05, 0) is 43.3 Å². The molecule has 0 heterocycles. The van der Waals surface area contributed by atoms with Gasteiger partial charge in [0.2, 0.25) is 0 Å². The van der Waals surface area contributed by atoms with Gasteiger partial charge in [0.25, 0.3) is 0 Å². The van der Waals surface area contributed by atoms with E-state index in [4.69, 9.17) is 10.00 Å². The molecule has 0 spiro atoms. The number of benzene rings is 2. The summed E-state index contributed by atoms with van der Waals surface area (Å²) >= 11 is 0. The first kappa shape index (κ1) is 16.0. The Morgan fingerprint density at radius 2 is 1.70 bits per heavy atom. The average Bonchev–Trinajstić information content (AvgIpc) is 2.57. The zero-order chi connectivity index (χ0) is 16.7. The van der Waals surface area contributed by atoms with E-state index in [2.05, 4.69) is 10.6 Å². The van der Waals surface area contributed by atoms with E-state index < -0.39 is 11.8 Å². The van der Waals surface area contributed by atoms with E-state index >= 15 is 0 Å². The maximum Gasteiger partial charge on any atom is 0.314 e. The molecule has 2 N–H and O–H groups in total. The van der Waals surface area contributed by atoms with Crippen LogP contribution in [0.2, 0.25) is 0 Å². The van der Waals surface area contributed by atoms with E-state index in [1.807, 2.05) is 13.0 Å². The summed E-state index contributed by atoms with van der Waals surface area (Å²) in [5.41, 5.74) is 1.33. The molecule has 0 atom stereocenters. The second-order valence-electron chi connectivity index (χ2n) is 4.53. The van der Waals surface area contributed by atoms with E-state index in [1.165, 1.54) is 0 Å². The van der Waals surface area contributed by atoms with Gasteiger partial charge in [-0.2, -0.15) is 5.26 Å². The van der Waals surface area contributed by atoms with Crippen LogP contribution in [-0.4, -0.2) is 18.4 Å². The molecular weight excluding hydrogens is 294 g/mol. The van der Waals surface area contributed by atoms with E-state index in [1.54, 1.807) is 48.5 Å². The van der Waals surface area contributed by atoms with E-state index in [0.717, 1.165) is 0 Å². The minimum atomic E-state index is -0.805. The number of para-hydroxylation sites is 2. The van der Waals surface area contributed by atoms with Crippen molar-refractivity contribution in [2.45, 2.75) is 6.92 Å². The normalized spacial score (nSPS) is 9.57. The summed E-state index contributed by atoms with van der Waals surface area (Å²) < 4.78 is 5.38. The van der Waals surface area contributed by atoms with Gasteiger partial charge in [-0.25, -0.2) is 0 Å². The summed E-state index contributed by atoms with van der Waals surface area (Å²) in [6.45, 7) is 2.28. The highest BCUT2D eigenvalue weighted by atomic mass is 16.5. The zero-order valence-corrected chi connectivity index (χ0v) is 12.5. The van der Waals surface area contributed by atoms with E-state index in [9.17, 15) is 9.59 Å². The van der Waals surface area contributed by atoms with Crippen LogP contribution in [0.1, 0.15) is 12.5 Å². The lowest BCUT2D eigenvalue weighted by atomic mass is 10.2. The molecule has 0 bridgehead atoms. The van der Waals surface area contributed by atoms with Crippen LogP contribution in [0.25, 0.3) is 0 Å². The number of hydrogen-bond acceptors (Lipinski definition) is 4. The van der Waals surface area contributed by atoms with Crippen LogP contribution >= 0.6 is 0 Å². The summed E-state index contributed by atoms with van der Waals surface area (Å²) in [6.07, 6.45) is 0. The van der Waals surface area contributed by atoms with Crippen molar-refractivity contribution >= 4 is 23.2 Å². The molecule has 2 aromatic rings. The van der Waals surface area contributed by atoms with Gasteiger partial charge >= 0.3 is 11.8 Å². The molecule has 0 aliphatic carbocycles. The molecule has 0 aliphatic heterocycles. The third-order valence-electron chi connectivity index (χ3n) is 2.91. The number of carbonyl (C=O) groups is 2. The molecule has 0 unspecified atom stereocenters. The van der Waals surface area contributed by atoms with Gasteiger partial charge < -0.3 is 15.4 Å². The molecule has 6 heteroatoms. The number of hydrogen-bond donors (Lipinski definition) is 2. The summed E-state index contributed by atoms with van der Waals surface area (Å²) in [4.78, 5) is 23.9. The number of amides is 2. The Bertz CT molecular complexity index is 748. The molecule has 0 aromatic heterocycles. The molecule has 0 saturated heterocycles. The summed E-state index contributed by atoms with van der Waals surface area (Å²) in [5, 5.41) is 13.7. The third-order valence-corrected chi connectivity index (χ3v) is 2.91. The van der Waals surface area contributed by atoms with Crippen LogP contribution < -0.4 is 15.4 Å². The maximum absolute atomic E-state index is 12.0. The number of nitriles is 1. The Morgan fingerprint density at radius 1 is 1.04 bits per heavy atom. The van der Waals surface area contributed by atoms with Crippen molar-refractivity contribution in [1.29, 1.82) is 5.26 Å². The fraction of sp³-hybridized carbons (Fsp3) is 0.118. The number of nitrogens with one attached hydrogen (secondary N) is 2. The lowest BCUT2D eigenvalue weighted by Gasteiger charge is -2.11. The van der Waals surface area contributed by atoms with Crippen LogP contribution in [0.3, 0.4) is 0 Å². The minimum absolute atomic E-state index is 0.425. The van der Waals surface area contributed by atoms with Crippen molar-refractivity contribution in [3.8, 4) is 11.8 Å². The van der Waals surface area contributed by atoms with Gasteiger partial charge in [0.15, 0.2) is 0 Å². The first-order chi connectivity index (χ1) is 11.1. The molecule has 23 heavy (non-hydrogen) atoms.